The number of hydrogen-bond donors (Lipinski definition) is 0. The maximum Gasteiger partial charge on any atom is 0.164 e. The van der Waals surface area contributed by atoms with E-state index in [9.17, 15) is 0 Å². The fraction of sp³-hybridized carbons (Fsp3) is 0.0926. The van der Waals surface area contributed by atoms with Gasteiger partial charge in [0.1, 0.15) is 11.5 Å². The van der Waals surface area contributed by atoms with Gasteiger partial charge in [0.05, 0.1) is 5.41 Å². The van der Waals surface area contributed by atoms with Gasteiger partial charge in [-0.1, -0.05) is 176 Å². The highest BCUT2D eigenvalue weighted by atomic mass is 16.5. The Morgan fingerprint density at radius 2 is 1.17 bits per heavy atom. The van der Waals surface area contributed by atoms with E-state index in [4.69, 9.17) is 19.7 Å². The number of allylic oxidation sites excluding steroid dienone is 16. The lowest BCUT2D eigenvalue weighted by Gasteiger charge is -2.39. The van der Waals surface area contributed by atoms with Gasteiger partial charge in [-0.15, -0.1) is 0 Å². The standard InChI is InChI=1S/C54H37N3O/c1-2-13-36(14-3-1)51-55-52(57-53(56-51)40-28-30-42-39(32-40)27-24-35-12-4-5-15-41(35)42)37-25-22-34(23-26-37)38-29-31-48-50(33-38)58-49-21-11-10-20-47(49)54(48)45-18-8-6-16-43(45)44-17-7-9-19-46(44)54/h1-22,24-34,41-42H,23H2. The molecule has 5 aromatic carbocycles. The van der Waals surface area contributed by atoms with Crippen molar-refractivity contribution >= 4 is 11.1 Å². The molecule has 6 aliphatic rings. The summed E-state index contributed by atoms with van der Waals surface area (Å²) in [6, 6.07) is 43.4. The van der Waals surface area contributed by atoms with Gasteiger partial charge in [-0.05, 0) is 63.6 Å². The molecule has 58 heavy (non-hydrogen) atoms. The molecule has 2 heterocycles. The summed E-state index contributed by atoms with van der Waals surface area (Å²) in [4.78, 5) is 15.2. The van der Waals surface area contributed by atoms with E-state index in [2.05, 4.69) is 176 Å². The van der Waals surface area contributed by atoms with Crippen LogP contribution in [0, 0.1) is 11.8 Å². The van der Waals surface area contributed by atoms with Gasteiger partial charge in [-0.2, -0.15) is 0 Å². The Hall–Kier alpha value is -7.17. The van der Waals surface area contributed by atoms with E-state index in [-0.39, 0.29) is 5.92 Å². The molecule has 0 saturated heterocycles. The highest BCUT2D eigenvalue weighted by Crippen LogP contribution is 2.62. The quantitative estimate of drug-likeness (QED) is 0.180. The SMILES string of the molecule is C1=CC2=CC=C3C=C(c4nc(C5=CCC(c6ccc7c(c6)Oc6ccccc6C76c7ccccc7-c7ccccc76)C=C5)nc(-c5ccccc5)n4)C=CC3C2C=C1. The summed E-state index contributed by atoms with van der Waals surface area (Å²) in [5.41, 5.74) is 13.9. The van der Waals surface area contributed by atoms with Gasteiger partial charge < -0.3 is 4.74 Å². The van der Waals surface area contributed by atoms with Crippen molar-refractivity contribution in [3.8, 4) is 34.0 Å². The Balaban J connectivity index is 0.897. The molecule has 1 aliphatic heterocycles. The summed E-state index contributed by atoms with van der Waals surface area (Å²) >= 11 is 0. The molecule has 274 valence electrons. The molecular weight excluding hydrogens is 707 g/mol. The highest BCUT2D eigenvalue weighted by Gasteiger charge is 2.51. The zero-order valence-electron chi connectivity index (χ0n) is 31.7. The van der Waals surface area contributed by atoms with Gasteiger partial charge in [0.15, 0.2) is 17.5 Å². The summed E-state index contributed by atoms with van der Waals surface area (Å²) in [6.45, 7) is 0. The van der Waals surface area contributed by atoms with E-state index in [0.717, 1.165) is 34.6 Å². The van der Waals surface area contributed by atoms with Crippen LogP contribution < -0.4 is 4.74 Å². The Labute approximate surface area is 338 Å². The van der Waals surface area contributed by atoms with Crippen LogP contribution in [0.2, 0.25) is 0 Å². The van der Waals surface area contributed by atoms with Crippen LogP contribution in [0.4, 0.5) is 0 Å². The number of rotatable bonds is 4. The van der Waals surface area contributed by atoms with Crippen molar-refractivity contribution in [3.05, 3.63) is 245 Å². The summed E-state index contributed by atoms with van der Waals surface area (Å²) < 4.78 is 6.81. The van der Waals surface area contributed by atoms with Gasteiger partial charge in [0.2, 0.25) is 0 Å². The third-order valence-electron chi connectivity index (χ3n) is 12.7. The van der Waals surface area contributed by atoms with Gasteiger partial charge in [-0.25, -0.2) is 15.0 Å². The van der Waals surface area contributed by atoms with Crippen LogP contribution in [-0.2, 0) is 5.41 Å². The molecule has 1 spiro atoms. The van der Waals surface area contributed by atoms with Crippen molar-refractivity contribution < 1.29 is 4.74 Å². The average Bonchev–Trinajstić information content (AvgIpc) is 3.59. The van der Waals surface area contributed by atoms with E-state index < -0.39 is 5.41 Å². The lowest BCUT2D eigenvalue weighted by atomic mass is 9.66. The minimum Gasteiger partial charge on any atom is -0.457 e. The zero-order valence-corrected chi connectivity index (χ0v) is 31.7. The topological polar surface area (TPSA) is 47.9 Å². The van der Waals surface area contributed by atoms with E-state index >= 15 is 0 Å². The van der Waals surface area contributed by atoms with Crippen molar-refractivity contribution in [1.29, 1.82) is 0 Å². The summed E-state index contributed by atoms with van der Waals surface area (Å²) in [7, 11) is 0. The first-order valence-electron chi connectivity index (χ1n) is 20.2. The second-order valence-corrected chi connectivity index (χ2v) is 15.8. The van der Waals surface area contributed by atoms with Gasteiger partial charge in [0, 0.05) is 45.6 Å². The predicted octanol–water partition coefficient (Wildman–Crippen LogP) is 12.3. The lowest BCUT2D eigenvalue weighted by molar-refractivity contribution is 0.435. The molecule has 0 N–H and O–H groups in total. The Kier molecular flexibility index (Phi) is 7.36. The van der Waals surface area contributed by atoms with Crippen LogP contribution in [0.15, 0.2) is 205 Å². The largest absolute Gasteiger partial charge is 0.457 e. The van der Waals surface area contributed by atoms with Crippen LogP contribution in [0.1, 0.15) is 51.8 Å². The molecule has 1 aromatic heterocycles. The van der Waals surface area contributed by atoms with Crippen molar-refractivity contribution in [2.24, 2.45) is 11.8 Å². The van der Waals surface area contributed by atoms with Crippen molar-refractivity contribution in [3.63, 3.8) is 0 Å². The van der Waals surface area contributed by atoms with Crippen molar-refractivity contribution in [2.75, 3.05) is 0 Å². The fourth-order valence-electron chi connectivity index (χ4n) is 10.0. The Bertz CT molecular complexity index is 2930. The molecule has 0 amide bonds. The number of para-hydroxylation sites is 1. The maximum absolute atomic E-state index is 6.81. The maximum atomic E-state index is 6.81. The molecule has 3 atom stereocenters. The first-order chi connectivity index (χ1) is 28.7. The second-order valence-electron chi connectivity index (χ2n) is 15.8. The summed E-state index contributed by atoms with van der Waals surface area (Å²) in [6.07, 6.45) is 27.6. The van der Waals surface area contributed by atoms with Gasteiger partial charge in [0.25, 0.3) is 0 Å². The van der Waals surface area contributed by atoms with Gasteiger partial charge >= 0.3 is 0 Å². The highest BCUT2D eigenvalue weighted by molar-refractivity contribution is 5.88. The molecule has 0 bridgehead atoms. The van der Waals surface area contributed by atoms with E-state index in [0.29, 0.717) is 29.3 Å². The summed E-state index contributed by atoms with van der Waals surface area (Å²) in [5, 5.41) is 0. The number of aromatic nitrogens is 3. The van der Waals surface area contributed by atoms with Crippen LogP contribution in [0.3, 0.4) is 0 Å². The molecule has 4 nitrogen and oxygen atoms in total. The molecule has 5 aliphatic carbocycles. The van der Waals surface area contributed by atoms with Crippen molar-refractivity contribution in [2.45, 2.75) is 17.8 Å². The number of fused-ring (bicyclic) bond motifs is 12. The van der Waals surface area contributed by atoms with E-state index in [1.54, 1.807) is 0 Å². The van der Waals surface area contributed by atoms with Crippen LogP contribution in [0.5, 0.6) is 11.5 Å². The third-order valence-corrected chi connectivity index (χ3v) is 12.7. The number of hydrogen-bond acceptors (Lipinski definition) is 4. The molecular formula is C54H37N3O. The lowest BCUT2D eigenvalue weighted by Crippen LogP contribution is -2.32. The molecule has 3 unspecified atom stereocenters. The number of benzene rings is 5. The minimum absolute atomic E-state index is 0.171. The van der Waals surface area contributed by atoms with Gasteiger partial charge in [-0.3, -0.25) is 0 Å². The average molecular weight is 744 g/mol. The van der Waals surface area contributed by atoms with Crippen LogP contribution in [-0.4, -0.2) is 15.0 Å². The Morgan fingerprint density at radius 1 is 0.517 bits per heavy atom. The monoisotopic (exact) mass is 743 g/mol. The molecule has 6 aromatic rings. The fourth-order valence-corrected chi connectivity index (χ4v) is 10.0. The normalized spacial score (nSPS) is 20.9. The predicted molar refractivity (Wildman–Crippen MR) is 232 cm³/mol. The van der Waals surface area contributed by atoms with Crippen molar-refractivity contribution in [1.82, 2.24) is 15.0 Å². The molecule has 0 radical (unpaired) electrons. The van der Waals surface area contributed by atoms with Crippen LogP contribution in [0.25, 0.3) is 33.7 Å². The summed E-state index contributed by atoms with van der Waals surface area (Å²) in [5.74, 6) is 4.68. The van der Waals surface area contributed by atoms with E-state index in [1.807, 2.05) is 18.2 Å². The third kappa shape index (κ3) is 4.98. The van der Waals surface area contributed by atoms with Crippen LogP contribution >= 0.6 is 0 Å². The minimum atomic E-state index is -0.459. The smallest absolute Gasteiger partial charge is 0.164 e. The van der Waals surface area contributed by atoms with E-state index in [1.165, 1.54) is 50.1 Å². The molecule has 4 heteroatoms. The number of nitrogens with zero attached hydrogens (tertiary/aromatic N) is 3. The molecule has 0 saturated carbocycles. The Morgan fingerprint density at radius 3 is 1.97 bits per heavy atom. The molecule has 0 fully saturated rings. The zero-order chi connectivity index (χ0) is 38.2. The first kappa shape index (κ1) is 33.0. The second kappa shape index (κ2) is 12.9. The first-order valence-corrected chi connectivity index (χ1v) is 20.2. The number of ether oxygens (including phenoxy) is 1. The molecule has 12 rings (SSSR count).